The van der Waals surface area contributed by atoms with Gasteiger partial charge in [-0.15, -0.1) is 0 Å². The molecule has 0 radical (unpaired) electrons. The smallest absolute Gasteiger partial charge is 0.119 e. The van der Waals surface area contributed by atoms with Gasteiger partial charge in [-0.3, -0.25) is 4.90 Å². The summed E-state index contributed by atoms with van der Waals surface area (Å²) in [5.74, 6) is 1.45. The molecule has 2 rings (SSSR count). The van der Waals surface area contributed by atoms with Crippen LogP contribution < -0.4 is 10.5 Å². The Labute approximate surface area is 121 Å². The van der Waals surface area contributed by atoms with E-state index < -0.39 is 6.10 Å². The predicted molar refractivity (Wildman–Crippen MR) is 81.8 cm³/mol. The maximum Gasteiger partial charge on any atom is 0.119 e. The first-order chi connectivity index (χ1) is 9.56. The van der Waals surface area contributed by atoms with Crippen LogP contribution in [0.5, 0.6) is 5.75 Å². The highest BCUT2D eigenvalue weighted by Crippen LogP contribution is 2.23. The Hall–Kier alpha value is -1.26. The van der Waals surface area contributed by atoms with Gasteiger partial charge in [0.15, 0.2) is 0 Å². The van der Waals surface area contributed by atoms with Gasteiger partial charge in [-0.1, -0.05) is 6.92 Å². The number of piperidine rings is 1. The number of rotatable bonds is 5. The second kappa shape index (κ2) is 6.95. The van der Waals surface area contributed by atoms with Crippen LogP contribution in [0, 0.1) is 5.92 Å². The van der Waals surface area contributed by atoms with Crippen molar-refractivity contribution in [3.05, 3.63) is 24.3 Å². The lowest BCUT2D eigenvalue weighted by molar-refractivity contribution is 0.0292. The number of aliphatic hydroxyl groups excluding tert-OH is 1. The van der Waals surface area contributed by atoms with Crippen molar-refractivity contribution < 1.29 is 9.84 Å². The zero-order valence-corrected chi connectivity index (χ0v) is 12.5. The number of nitrogens with zero attached hydrogens (tertiary/aromatic N) is 1. The van der Waals surface area contributed by atoms with Crippen LogP contribution in [0.1, 0.15) is 26.7 Å². The zero-order valence-electron chi connectivity index (χ0n) is 12.5. The topological polar surface area (TPSA) is 58.7 Å². The zero-order chi connectivity index (χ0) is 14.5. The van der Waals surface area contributed by atoms with Crippen LogP contribution in [0.3, 0.4) is 0 Å². The number of hydrogen-bond acceptors (Lipinski definition) is 4. The molecule has 1 aromatic carbocycles. The highest BCUT2D eigenvalue weighted by molar-refractivity contribution is 5.41. The molecule has 1 heterocycles. The van der Waals surface area contributed by atoms with Gasteiger partial charge in [0.1, 0.15) is 18.5 Å². The second-order valence-electron chi connectivity index (χ2n) is 5.89. The van der Waals surface area contributed by atoms with Gasteiger partial charge in [0.05, 0.1) is 0 Å². The molecule has 1 aliphatic rings. The molecule has 0 aromatic heterocycles. The van der Waals surface area contributed by atoms with Crippen molar-refractivity contribution in [2.24, 2.45) is 5.92 Å². The number of nitrogen functional groups attached to an aromatic ring is 1. The molecule has 0 bridgehead atoms. The van der Waals surface area contributed by atoms with Gasteiger partial charge in [0, 0.05) is 18.3 Å². The van der Waals surface area contributed by atoms with Crippen molar-refractivity contribution in [1.29, 1.82) is 0 Å². The fourth-order valence-corrected chi connectivity index (χ4v) is 2.76. The summed E-state index contributed by atoms with van der Waals surface area (Å²) < 4.78 is 5.59. The lowest BCUT2D eigenvalue weighted by Gasteiger charge is -2.38. The van der Waals surface area contributed by atoms with E-state index in [0.717, 1.165) is 12.3 Å². The molecule has 4 nitrogen and oxygen atoms in total. The quantitative estimate of drug-likeness (QED) is 0.810. The minimum absolute atomic E-state index is 0.321. The molecule has 0 spiro atoms. The van der Waals surface area contributed by atoms with Gasteiger partial charge in [-0.25, -0.2) is 0 Å². The molecule has 1 aliphatic heterocycles. The van der Waals surface area contributed by atoms with Crippen LogP contribution in [0.4, 0.5) is 5.69 Å². The Morgan fingerprint density at radius 1 is 1.35 bits per heavy atom. The maximum atomic E-state index is 10.1. The molecule has 1 saturated heterocycles. The normalized spacial score (nSPS) is 25.4. The molecule has 112 valence electrons. The number of hydrogen-bond donors (Lipinski definition) is 2. The molecule has 0 saturated carbocycles. The maximum absolute atomic E-state index is 10.1. The van der Waals surface area contributed by atoms with Crippen molar-refractivity contribution in [2.45, 2.75) is 38.8 Å². The number of anilines is 1. The predicted octanol–water partition coefficient (Wildman–Crippen LogP) is 2.13. The number of likely N-dealkylation sites (tertiary alicyclic amines) is 1. The Morgan fingerprint density at radius 2 is 2.05 bits per heavy atom. The number of nitrogens with two attached hydrogens (primary N) is 1. The van der Waals surface area contributed by atoms with Crippen LogP contribution in [-0.4, -0.2) is 41.8 Å². The van der Waals surface area contributed by atoms with Gasteiger partial charge in [0.2, 0.25) is 0 Å². The van der Waals surface area contributed by atoms with E-state index in [-0.39, 0.29) is 0 Å². The summed E-state index contributed by atoms with van der Waals surface area (Å²) in [6.07, 6.45) is 2.05. The lowest BCUT2D eigenvalue weighted by atomic mass is 9.92. The van der Waals surface area contributed by atoms with E-state index in [1.807, 2.05) is 12.1 Å². The third-order valence-corrected chi connectivity index (χ3v) is 4.27. The van der Waals surface area contributed by atoms with Crippen LogP contribution >= 0.6 is 0 Å². The first kappa shape index (κ1) is 15.1. The first-order valence-electron chi connectivity index (χ1n) is 7.46. The van der Waals surface area contributed by atoms with E-state index in [2.05, 4.69) is 18.7 Å². The summed E-state index contributed by atoms with van der Waals surface area (Å²) in [5, 5.41) is 10.1. The van der Waals surface area contributed by atoms with Gasteiger partial charge in [0.25, 0.3) is 0 Å². The number of benzene rings is 1. The average molecular weight is 278 g/mol. The largest absolute Gasteiger partial charge is 0.491 e. The summed E-state index contributed by atoms with van der Waals surface area (Å²) in [6, 6.07) is 7.79. The van der Waals surface area contributed by atoms with E-state index in [0.29, 0.717) is 30.8 Å². The van der Waals surface area contributed by atoms with Crippen molar-refractivity contribution in [2.75, 3.05) is 25.4 Å². The van der Waals surface area contributed by atoms with Gasteiger partial charge >= 0.3 is 0 Å². The summed E-state index contributed by atoms with van der Waals surface area (Å²) in [5.41, 5.74) is 6.34. The van der Waals surface area contributed by atoms with Gasteiger partial charge in [-0.05, 0) is 56.5 Å². The Kier molecular flexibility index (Phi) is 5.26. The van der Waals surface area contributed by atoms with Crippen LogP contribution in [0.15, 0.2) is 24.3 Å². The molecule has 1 fully saturated rings. The molecular formula is C16H26N2O2. The highest BCUT2D eigenvalue weighted by Gasteiger charge is 2.26. The summed E-state index contributed by atoms with van der Waals surface area (Å²) in [7, 11) is 0. The van der Waals surface area contributed by atoms with Crippen LogP contribution in [-0.2, 0) is 0 Å². The van der Waals surface area contributed by atoms with Crippen molar-refractivity contribution >= 4 is 5.69 Å². The molecule has 0 amide bonds. The lowest BCUT2D eigenvalue weighted by Crippen LogP contribution is -2.46. The molecule has 3 atom stereocenters. The monoisotopic (exact) mass is 278 g/mol. The van der Waals surface area contributed by atoms with E-state index >= 15 is 0 Å². The molecule has 20 heavy (non-hydrogen) atoms. The number of aliphatic hydroxyl groups is 1. The van der Waals surface area contributed by atoms with Crippen molar-refractivity contribution in [1.82, 2.24) is 4.90 Å². The molecule has 3 unspecified atom stereocenters. The highest BCUT2D eigenvalue weighted by atomic mass is 16.5. The Bertz CT molecular complexity index is 407. The average Bonchev–Trinajstić information content (AvgIpc) is 2.43. The molecule has 1 aromatic rings. The van der Waals surface area contributed by atoms with Crippen LogP contribution in [0.25, 0.3) is 0 Å². The van der Waals surface area contributed by atoms with E-state index in [9.17, 15) is 5.11 Å². The van der Waals surface area contributed by atoms with Gasteiger partial charge in [-0.2, -0.15) is 0 Å². The fraction of sp³-hybridized carbons (Fsp3) is 0.625. The standard InChI is InChI=1S/C16H26N2O2/c1-12-4-3-9-18(13(12)2)10-15(19)11-20-16-7-5-14(17)6-8-16/h5-8,12-13,15,19H,3-4,9-11,17H2,1-2H3. The summed E-state index contributed by atoms with van der Waals surface area (Å²) in [4.78, 5) is 2.37. The molecule has 4 heteroatoms. The number of ether oxygens (including phenoxy) is 1. The minimum atomic E-state index is -0.458. The SMILES string of the molecule is CC1CCCN(CC(O)COc2ccc(N)cc2)C1C. The number of β-amino-alcohol motifs (C(OH)–C–C–N with tert-alkyl or cyclic N) is 1. The van der Waals surface area contributed by atoms with E-state index in [1.54, 1.807) is 12.1 Å². The summed E-state index contributed by atoms with van der Waals surface area (Å²) >= 11 is 0. The third kappa shape index (κ3) is 4.12. The third-order valence-electron chi connectivity index (χ3n) is 4.27. The van der Waals surface area contributed by atoms with E-state index in [1.165, 1.54) is 12.8 Å². The second-order valence-corrected chi connectivity index (χ2v) is 5.89. The molecule has 0 aliphatic carbocycles. The summed E-state index contributed by atoms with van der Waals surface area (Å²) in [6.45, 7) is 6.61. The Balaban J connectivity index is 1.77. The van der Waals surface area contributed by atoms with Crippen molar-refractivity contribution in [3.63, 3.8) is 0 Å². The first-order valence-corrected chi connectivity index (χ1v) is 7.46. The van der Waals surface area contributed by atoms with Crippen molar-refractivity contribution in [3.8, 4) is 5.75 Å². The van der Waals surface area contributed by atoms with Crippen LogP contribution in [0.2, 0.25) is 0 Å². The molecule has 3 N–H and O–H groups in total. The van der Waals surface area contributed by atoms with Gasteiger partial charge < -0.3 is 15.6 Å². The fourth-order valence-electron chi connectivity index (χ4n) is 2.76. The minimum Gasteiger partial charge on any atom is -0.491 e. The molecular weight excluding hydrogens is 252 g/mol. The van der Waals surface area contributed by atoms with E-state index in [4.69, 9.17) is 10.5 Å². The Morgan fingerprint density at radius 3 is 2.75 bits per heavy atom.